The highest BCUT2D eigenvalue weighted by Crippen LogP contribution is 2.36. The Balaban J connectivity index is 1.13. The lowest BCUT2D eigenvalue weighted by Gasteiger charge is -2.46. The molecule has 596 valence electrons. The summed E-state index contributed by atoms with van der Waals surface area (Å²) in [6.07, 6.45) is -43.8. The summed E-state index contributed by atoms with van der Waals surface area (Å²) in [5.74, 6) is -6.40. The standard InChI is InChI=1S/C60H96N4O38S2/c1-7-42(74)85-19-29(71)22-88-55(83)52-50(95-58-33(64-27(5)70)14-37(41(18-67)93-58)99-101-59-46(78)44(76)49(51(96-59)53(80)81)94-57-32(63-26(4)69)12-35(98-84-6)39(16-65)92-57)45(77)47(79)60(97-52)102-100-36-13-31(62-25(3)68)56(91-40(36)17-66)90-38-15-34(73)24(2)89-48(38)54(82)87-21-30(72)20-86-43(75)9-11-104-23-28(61)8-10-103/h7,24,28-41,44-52,56-60,65-67,71-73,76-79,103H,1,8-23,61H2,2-6H3,(H,62,68)(H,63,69)(H,64,70)(H,80,81)/t24?,28?,29?,30?,31-,32-,33-,34?,35-,36-,37-,38+,39-,40?,41?,44?,45?,46?,47?,48?,49+,50+,51?,52?,56+,57-,58-,59?,60?/m0/s1. The molecule has 16 unspecified atom stereocenters. The molecule has 6 aliphatic rings. The smallest absolute Gasteiger partial charge is 0.338 e. The molecule has 42 nitrogen and oxygen atoms in total. The van der Waals surface area contributed by atoms with Gasteiger partial charge in [0, 0.05) is 70.1 Å². The van der Waals surface area contributed by atoms with Crippen molar-refractivity contribution >= 4 is 72.0 Å². The fourth-order valence-corrected chi connectivity index (χ4v) is 12.6. The molecule has 0 aliphatic carbocycles. The number of hydrogen-bond donors (Lipinski definition) is 16. The van der Waals surface area contributed by atoms with E-state index in [4.69, 9.17) is 96.6 Å². The number of nitrogens with two attached hydrogens (primary N) is 1. The number of amides is 3. The minimum absolute atomic E-state index is 0.0164. The Morgan fingerprint density at radius 3 is 1.44 bits per heavy atom. The third kappa shape index (κ3) is 25.9. The zero-order valence-electron chi connectivity index (χ0n) is 57.2. The zero-order valence-corrected chi connectivity index (χ0v) is 58.9. The van der Waals surface area contributed by atoms with Gasteiger partial charge in [-0.2, -0.15) is 24.4 Å². The lowest BCUT2D eigenvalue weighted by Crippen LogP contribution is -2.65. The van der Waals surface area contributed by atoms with Gasteiger partial charge in [0.05, 0.1) is 63.7 Å². The summed E-state index contributed by atoms with van der Waals surface area (Å²) in [6.45, 7) is 2.53. The molecular weight excluding hydrogens is 1450 g/mol. The van der Waals surface area contributed by atoms with Gasteiger partial charge in [0.15, 0.2) is 37.2 Å². The number of aliphatic hydroxyl groups excluding tert-OH is 10. The lowest BCUT2D eigenvalue weighted by atomic mass is 9.97. The number of aliphatic carboxylic acids is 1. The fraction of sp³-hybridized carbons (Fsp3) is 0.833. The molecule has 104 heavy (non-hydrogen) atoms. The summed E-state index contributed by atoms with van der Waals surface area (Å²) < 4.78 is 73.5. The Kier molecular flexibility index (Phi) is 36.7. The molecule has 0 spiro atoms. The third-order valence-corrected chi connectivity index (χ3v) is 18.0. The molecule has 0 aromatic carbocycles. The monoisotopic (exact) mass is 1540 g/mol. The molecule has 0 radical (unpaired) electrons. The fourth-order valence-electron chi connectivity index (χ4n) is 11.4. The number of carboxylic acids is 1. The van der Waals surface area contributed by atoms with Crippen LogP contribution in [0.5, 0.6) is 0 Å². The van der Waals surface area contributed by atoms with Crippen LogP contribution in [-0.4, -0.2) is 352 Å². The van der Waals surface area contributed by atoms with E-state index in [2.05, 4.69) is 35.2 Å². The highest BCUT2D eigenvalue weighted by molar-refractivity contribution is 7.99. The number of carboxylic acid groups (broad SMARTS) is 1. The summed E-state index contributed by atoms with van der Waals surface area (Å²) in [4.78, 5) is 134. The van der Waals surface area contributed by atoms with Gasteiger partial charge in [0.1, 0.15) is 118 Å². The summed E-state index contributed by atoms with van der Waals surface area (Å²) >= 11 is 5.60. The van der Waals surface area contributed by atoms with E-state index in [0.717, 1.165) is 26.8 Å². The van der Waals surface area contributed by atoms with Crippen LogP contribution in [0.25, 0.3) is 0 Å². The molecule has 0 saturated carbocycles. The maximum atomic E-state index is 14.1. The van der Waals surface area contributed by atoms with Gasteiger partial charge in [-0.25, -0.2) is 48.5 Å². The number of ether oxygens (including phenoxy) is 13. The summed E-state index contributed by atoms with van der Waals surface area (Å²) in [5.41, 5.74) is 5.96. The normalized spacial score (nSPS) is 36.1. The number of esters is 4. The molecular formula is C60H96N4O38S2. The van der Waals surface area contributed by atoms with Crippen molar-refractivity contribution in [1.29, 1.82) is 0 Å². The molecule has 16 N–H and O–H groups in total. The largest absolute Gasteiger partial charge is 0.479 e. The van der Waals surface area contributed by atoms with Gasteiger partial charge in [-0.3, -0.25) is 19.2 Å². The maximum Gasteiger partial charge on any atom is 0.338 e. The number of carbonyl (C=O) groups is 8. The van der Waals surface area contributed by atoms with Crippen molar-refractivity contribution in [2.24, 2.45) is 5.73 Å². The minimum Gasteiger partial charge on any atom is -0.479 e. The minimum atomic E-state index is -2.35. The highest BCUT2D eigenvalue weighted by atomic mass is 32.2. The van der Waals surface area contributed by atoms with Gasteiger partial charge in [-0.15, -0.1) is 0 Å². The number of thioether (sulfide) groups is 1. The quantitative estimate of drug-likeness (QED) is 0.00517. The number of hydrogen-bond acceptors (Lipinski definition) is 40. The van der Waals surface area contributed by atoms with Gasteiger partial charge in [0.25, 0.3) is 0 Å². The Hall–Kier alpha value is -4.84. The van der Waals surface area contributed by atoms with Crippen molar-refractivity contribution in [3.05, 3.63) is 12.7 Å². The van der Waals surface area contributed by atoms with Crippen molar-refractivity contribution in [2.45, 2.75) is 244 Å². The van der Waals surface area contributed by atoms with E-state index in [1.54, 1.807) is 0 Å². The van der Waals surface area contributed by atoms with Crippen LogP contribution in [0.2, 0.25) is 0 Å². The highest BCUT2D eigenvalue weighted by Gasteiger charge is 2.57. The molecule has 0 aromatic rings. The first-order valence-corrected chi connectivity index (χ1v) is 34.8. The lowest BCUT2D eigenvalue weighted by molar-refractivity contribution is -0.461. The summed E-state index contributed by atoms with van der Waals surface area (Å²) in [6, 6.07) is -3.96. The Morgan fingerprint density at radius 1 is 0.567 bits per heavy atom. The van der Waals surface area contributed by atoms with Crippen LogP contribution in [0.1, 0.15) is 66.2 Å². The molecule has 6 saturated heterocycles. The van der Waals surface area contributed by atoms with E-state index in [9.17, 15) is 94.5 Å². The van der Waals surface area contributed by atoms with E-state index in [1.165, 1.54) is 25.8 Å². The first-order valence-electron chi connectivity index (χ1n) is 33.0. The van der Waals surface area contributed by atoms with Crippen molar-refractivity contribution in [2.75, 3.05) is 70.6 Å². The van der Waals surface area contributed by atoms with Crippen LogP contribution in [0, 0.1) is 0 Å². The maximum absolute atomic E-state index is 14.1. The molecule has 29 atom stereocenters. The molecule has 3 amide bonds. The van der Waals surface area contributed by atoms with Gasteiger partial charge >= 0.3 is 29.8 Å². The van der Waals surface area contributed by atoms with E-state index in [-0.39, 0.29) is 25.3 Å². The third-order valence-electron chi connectivity index (χ3n) is 16.6. The van der Waals surface area contributed by atoms with Crippen LogP contribution < -0.4 is 21.7 Å². The van der Waals surface area contributed by atoms with Crippen molar-refractivity contribution in [3.63, 3.8) is 0 Å². The van der Waals surface area contributed by atoms with E-state index in [1.807, 2.05) is 0 Å². The van der Waals surface area contributed by atoms with Crippen LogP contribution in [0.3, 0.4) is 0 Å². The van der Waals surface area contributed by atoms with E-state index < -0.39 is 278 Å². The van der Waals surface area contributed by atoms with Crippen LogP contribution in [0.4, 0.5) is 0 Å². The molecule has 0 bridgehead atoms. The first-order chi connectivity index (χ1) is 49.4. The second kappa shape index (κ2) is 43.4. The predicted octanol–water partition coefficient (Wildman–Crippen LogP) is -8.07. The first kappa shape index (κ1) is 88.1. The number of nitrogens with one attached hydrogen (secondary N) is 3. The van der Waals surface area contributed by atoms with Gasteiger partial charge < -0.3 is 139 Å². The summed E-state index contributed by atoms with van der Waals surface area (Å²) in [7, 11) is 1.18. The number of rotatable bonds is 39. The second-order valence-electron chi connectivity index (χ2n) is 24.8. The number of aliphatic hydroxyl groups is 10. The molecule has 6 heterocycles. The van der Waals surface area contributed by atoms with Crippen molar-refractivity contribution in [1.82, 2.24) is 16.0 Å². The Morgan fingerprint density at radius 2 is 1.00 bits per heavy atom. The van der Waals surface area contributed by atoms with E-state index >= 15 is 0 Å². The van der Waals surface area contributed by atoms with Crippen molar-refractivity contribution in [3.8, 4) is 0 Å². The SMILES string of the molecule is C=CC(=O)OCC(O)COC(=O)C1OC(OO[C@H]2C[C@H](NC(C)=O)[C@H](O[C@@H]3CC(O)C(C)OC3C(=O)OCC(O)COC(=O)CCSCC(N)CCS)OC2CO)C(O)C(O)[C@H]1O[C@@H]1OC(CO)[C@@H](OOC2OC(C(=O)O)[C@H](O[C@@H]3O[C@@H](CO)[C@@H](OOC)C[C@@H]3NC(C)=O)C(O)C2O)C[C@@H]1NC(C)=O. The molecule has 6 fully saturated rings. The second-order valence-corrected chi connectivity index (χ2v) is 26.4. The van der Waals surface area contributed by atoms with Crippen LogP contribution in [-0.2, 0) is 129 Å². The van der Waals surface area contributed by atoms with E-state index in [0.29, 0.717) is 23.7 Å². The average Bonchev–Trinajstić information content (AvgIpc) is 0.788. The predicted molar refractivity (Wildman–Crippen MR) is 341 cm³/mol. The number of carbonyl (C=O) groups excluding carboxylic acids is 7. The molecule has 0 aromatic heterocycles. The average molecular weight is 1550 g/mol. The zero-order chi connectivity index (χ0) is 76.6. The van der Waals surface area contributed by atoms with Gasteiger partial charge in [-0.05, 0) is 19.1 Å². The van der Waals surface area contributed by atoms with Gasteiger partial charge in [0.2, 0.25) is 30.3 Å². The Bertz CT molecular complexity index is 2740. The van der Waals surface area contributed by atoms with Crippen molar-refractivity contribution < 1.29 is 185 Å². The Labute approximate surface area is 604 Å². The molecule has 44 heteroatoms. The van der Waals surface area contributed by atoms with Crippen LogP contribution >= 0.6 is 24.4 Å². The number of thiol groups is 1. The van der Waals surface area contributed by atoms with Crippen LogP contribution in [0.15, 0.2) is 12.7 Å². The van der Waals surface area contributed by atoms with Gasteiger partial charge in [-0.1, -0.05) is 6.58 Å². The summed E-state index contributed by atoms with van der Waals surface area (Å²) in [5, 5.41) is 127. The molecule has 6 rings (SSSR count). The topological polar surface area (TPSA) is 597 Å². The molecule has 6 aliphatic heterocycles.